The van der Waals surface area contributed by atoms with Crippen LogP contribution in [-0.4, -0.2) is 46.9 Å². The number of carbonyl (C=O) groups excluding carboxylic acids is 1. The van der Waals surface area contributed by atoms with Gasteiger partial charge < -0.3 is 28.4 Å². The van der Waals surface area contributed by atoms with Crippen LogP contribution in [0.3, 0.4) is 0 Å². The molecule has 2 aromatic rings. The summed E-state index contributed by atoms with van der Waals surface area (Å²) in [6, 6.07) is 8.76. The van der Waals surface area contributed by atoms with Gasteiger partial charge in [-0.05, 0) is 42.3 Å². The van der Waals surface area contributed by atoms with Crippen molar-refractivity contribution in [2.75, 3.05) is 35.0 Å². The molecule has 170 valence electrons. The average molecular weight is 441 g/mol. The first-order valence-corrected chi connectivity index (χ1v) is 10.2. The monoisotopic (exact) mass is 441 g/mol. The van der Waals surface area contributed by atoms with Crippen LogP contribution in [0.5, 0.6) is 28.7 Å². The topological polar surface area (TPSA) is 84.8 Å². The van der Waals surface area contributed by atoms with Crippen molar-refractivity contribution in [1.82, 2.24) is 0 Å². The maximum absolute atomic E-state index is 12.4. The standard InChI is InChI=1S/C24H27NO7/c1-6-7-10-31-18-9-8-15(12-19(18)27-2)11-17-24(26)32-23(25-17)16-13-20(28-3)22(30-5)21(14-16)29-4/h8-9,11-14H,6-7,10H2,1-5H3. The molecule has 8 heteroatoms. The molecule has 32 heavy (non-hydrogen) atoms. The number of cyclic esters (lactones) is 1. The van der Waals surface area contributed by atoms with Crippen LogP contribution in [0.1, 0.15) is 30.9 Å². The molecule has 0 saturated carbocycles. The Hall–Kier alpha value is -3.68. The summed E-state index contributed by atoms with van der Waals surface area (Å²) in [6.45, 7) is 2.71. The van der Waals surface area contributed by atoms with Crippen molar-refractivity contribution in [3.05, 3.63) is 47.2 Å². The molecule has 1 aliphatic heterocycles. The zero-order chi connectivity index (χ0) is 23.1. The van der Waals surface area contributed by atoms with Crippen LogP contribution in [0.2, 0.25) is 0 Å². The first kappa shape index (κ1) is 23.0. The van der Waals surface area contributed by atoms with E-state index in [1.165, 1.54) is 21.3 Å². The molecule has 0 bridgehead atoms. The van der Waals surface area contributed by atoms with Crippen LogP contribution < -0.4 is 23.7 Å². The second kappa shape index (κ2) is 10.6. The van der Waals surface area contributed by atoms with Gasteiger partial charge in [0.15, 0.2) is 28.7 Å². The van der Waals surface area contributed by atoms with Gasteiger partial charge >= 0.3 is 5.97 Å². The number of esters is 1. The molecule has 1 heterocycles. The fourth-order valence-corrected chi connectivity index (χ4v) is 3.11. The Balaban J connectivity index is 1.91. The van der Waals surface area contributed by atoms with Gasteiger partial charge in [-0.25, -0.2) is 9.79 Å². The number of methoxy groups -OCH3 is 4. The third-order valence-electron chi connectivity index (χ3n) is 4.78. The molecule has 0 saturated heterocycles. The summed E-state index contributed by atoms with van der Waals surface area (Å²) < 4.78 is 32.6. The third kappa shape index (κ3) is 4.96. The minimum Gasteiger partial charge on any atom is -0.493 e. The van der Waals surface area contributed by atoms with Crippen molar-refractivity contribution in [3.63, 3.8) is 0 Å². The molecule has 8 nitrogen and oxygen atoms in total. The van der Waals surface area contributed by atoms with E-state index in [2.05, 4.69) is 11.9 Å². The van der Waals surface area contributed by atoms with Gasteiger partial charge in [-0.3, -0.25) is 0 Å². The fourth-order valence-electron chi connectivity index (χ4n) is 3.11. The van der Waals surface area contributed by atoms with E-state index < -0.39 is 5.97 Å². The molecule has 0 unspecified atom stereocenters. The van der Waals surface area contributed by atoms with Crippen LogP contribution in [0.15, 0.2) is 41.0 Å². The van der Waals surface area contributed by atoms with E-state index in [0.29, 0.717) is 40.9 Å². The predicted octanol–water partition coefficient (Wildman–Crippen LogP) is 4.24. The van der Waals surface area contributed by atoms with Gasteiger partial charge in [-0.2, -0.15) is 0 Å². The van der Waals surface area contributed by atoms with E-state index >= 15 is 0 Å². The minimum absolute atomic E-state index is 0.145. The Morgan fingerprint density at radius 1 is 0.906 bits per heavy atom. The molecule has 0 aliphatic carbocycles. The van der Waals surface area contributed by atoms with E-state index in [9.17, 15) is 4.79 Å². The van der Waals surface area contributed by atoms with Gasteiger partial charge in [0.05, 0.1) is 35.0 Å². The lowest BCUT2D eigenvalue weighted by Crippen LogP contribution is -2.07. The second-order valence-corrected chi connectivity index (χ2v) is 6.86. The van der Waals surface area contributed by atoms with Gasteiger partial charge in [-0.15, -0.1) is 0 Å². The third-order valence-corrected chi connectivity index (χ3v) is 4.78. The van der Waals surface area contributed by atoms with E-state index in [0.717, 1.165) is 18.4 Å². The van der Waals surface area contributed by atoms with Gasteiger partial charge in [0.1, 0.15) is 0 Å². The molecule has 0 N–H and O–H groups in total. The second-order valence-electron chi connectivity index (χ2n) is 6.86. The van der Waals surface area contributed by atoms with E-state index in [4.69, 9.17) is 28.4 Å². The molecule has 0 spiro atoms. The Morgan fingerprint density at radius 3 is 2.19 bits per heavy atom. The van der Waals surface area contributed by atoms with E-state index in [-0.39, 0.29) is 11.6 Å². The number of nitrogens with zero attached hydrogens (tertiary/aromatic N) is 1. The molecule has 1 aliphatic rings. The summed E-state index contributed by atoms with van der Waals surface area (Å²) in [5, 5.41) is 0. The molecule has 0 amide bonds. The van der Waals surface area contributed by atoms with Gasteiger partial charge in [0, 0.05) is 5.56 Å². The Kier molecular flexibility index (Phi) is 7.59. The quantitative estimate of drug-likeness (QED) is 0.310. The van der Waals surface area contributed by atoms with Crippen LogP contribution in [0.25, 0.3) is 6.08 Å². The molecule has 3 rings (SSSR count). The average Bonchev–Trinajstić information content (AvgIpc) is 3.18. The Morgan fingerprint density at radius 2 is 1.59 bits per heavy atom. The molecule has 0 fully saturated rings. The van der Waals surface area contributed by atoms with Crippen LogP contribution >= 0.6 is 0 Å². The summed E-state index contributed by atoms with van der Waals surface area (Å²) >= 11 is 0. The van der Waals surface area contributed by atoms with Gasteiger partial charge in [0.25, 0.3) is 0 Å². The van der Waals surface area contributed by atoms with Crippen molar-refractivity contribution in [3.8, 4) is 28.7 Å². The van der Waals surface area contributed by atoms with Gasteiger partial charge in [0.2, 0.25) is 11.6 Å². The first-order valence-electron chi connectivity index (χ1n) is 10.2. The summed E-state index contributed by atoms with van der Waals surface area (Å²) in [5.41, 5.74) is 1.41. The Bertz CT molecular complexity index is 1020. The highest BCUT2D eigenvalue weighted by Gasteiger charge is 2.26. The van der Waals surface area contributed by atoms with E-state index in [1.54, 1.807) is 31.4 Å². The lowest BCUT2D eigenvalue weighted by atomic mass is 10.1. The van der Waals surface area contributed by atoms with Crippen LogP contribution in [-0.2, 0) is 9.53 Å². The lowest BCUT2D eigenvalue weighted by Gasteiger charge is -2.13. The SMILES string of the molecule is CCCCOc1ccc(C=C2N=C(c3cc(OC)c(OC)c(OC)c3)OC2=O)cc1OC. The van der Waals surface area contributed by atoms with E-state index in [1.807, 2.05) is 12.1 Å². The number of benzene rings is 2. The summed E-state index contributed by atoms with van der Waals surface area (Å²) in [5.74, 6) is 2.12. The maximum atomic E-state index is 12.4. The zero-order valence-corrected chi connectivity index (χ0v) is 18.9. The number of hydrogen-bond donors (Lipinski definition) is 0. The molecule has 2 aromatic carbocycles. The number of aliphatic imine (C=N–C) groups is 1. The first-order chi connectivity index (χ1) is 15.5. The van der Waals surface area contributed by atoms with Crippen molar-refractivity contribution < 1.29 is 33.2 Å². The van der Waals surface area contributed by atoms with Crippen LogP contribution in [0.4, 0.5) is 0 Å². The smallest absolute Gasteiger partial charge is 0.363 e. The highest BCUT2D eigenvalue weighted by atomic mass is 16.6. The number of ether oxygens (including phenoxy) is 6. The number of rotatable bonds is 10. The van der Waals surface area contributed by atoms with Crippen molar-refractivity contribution in [2.24, 2.45) is 4.99 Å². The largest absolute Gasteiger partial charge is 0.493 e. The highest BCUT2D eigenvalue weighted by molar-refractivity contribution is 6.13. The number of unbranched alkanes of at least 4 members (excludes halogenated alkanes) is 1. The fraction of sp³-hybridized carbons (Fsp3) is 0.333. The normalized spacial score (nSPS) is 14.1. The molecule has 0 aromatic heterocycles. The van der Waals surface area contributed by atoms with Crippen LogP contribution in [0, 0.1) is 0 Å². The predicted molar refractivity (Wildman–Crippen MR) is 120 cm³/mol. The zero-order valence-electron chi connectivity index (χ0n) is 18.9. The van der Waals surface area contributed by atoms with Crippen molar-refractivity contribution in [1.29, 1.82) is 0 Å². The molecular formula is C24H27NO7. The number of carbonyl (C=O) groups is 1. The lowest BCUT2D eigenvalue weighted by molar-refractivity contribution is -0.129. The van der Waals surface area contributed by atoms with Gasteiger partial charge in [-0.1, -0.05) is 19.4 Å². The maximum Gasteiger partial charge on any atom is 0.363 e. The summed E-state index contributed by atoms with van der Waals surface area (Å²) in [4.78, 5) is 16.8. The minimum atomic E-state index is -0.559. The number of hydrogen-bond acceptors (Lipinski definition) is 8. The van der Waals surface area contributed by atoms with Crippen molar-refractivity contribution in [2.45, 2.75) is 19.8 Å². The highest BCUT2D eigenvalue weighted by Crippen LogP contribution is 2.39. The van der Waals surface area contributed by atoms with Crippen molar-refractivity contribution >= 4 is 17.9 Å². The Labute approximate surface area is 187 Å². The molecule has 0 atom stereocenters. The summed E-state index contributed by atoms with van der Waals surface area (Å²) in [7, 11) is 6.11. The molecular weight excluding hydrogens is 414 g/mol. The molecule has 0 radical (unpaired) electrons. The summed E-state index contributed by atoms with van der Waals surface area (Å²) in [6.07, 6.45) is 3.63.